The summed E-state index contributed by atoms with van der Waals surface area (Å²) in [5.74, 6) is 0. The fourth-order valence-corrected chi connectivity index (χ4v) is 2.72. The zero-order valence-electron chi connectivity index (χ0n) is 10.9. The molecular formula is C13H17BN2O3. The summed E-state index contributed by atoms with van der Waals surface area (Å²) in [6.07, 6.45) is 4.95. The van der Waals surface area contributed by atoms with Crippen LogP contribution >= 0.6 is 0 Å². The molecule has 2 heterocycles. The summed E-state index contributed by atoms with van der Waals surface area (Å²) in [5.41, 5.74) is 2.84. The van der Waals surface area contributed by atoms with Crippen molar-refractivity contribution < 1.29 is 14.8 Å². The minimum absolute atomic E-state index is 0.00476. The van der Waals surface area contributed by atoms with Crippen LogP contribution in [-0.2, 0) is 4.74 Å². The molecule has 1 fully saturated rings. The van der Waals surface area contributed by atoms with E-state index in [4.69, 9.17) is 4.74 Å². The van der Waals surface area contributed by atoms with Crippen molar-refractivity contribution >= 4 is 23.6 Å². The van der Waals surface area contributed by atoms with Crippen molar-refractivity contribution in [2.24, 2.45) is 0 Å². The van der Waals surface area contributed by atoms with E-state index in [1.54, 1.807) is 6.33 Å². The number of benzene rings is 1. The van der Waals surface area contributed by atoms with Crippen LogP contribution in [0, 0.1) is 6.92 Å². The minimum atomic E-state index is -1.50. The number of nitrogens with zero attached hydrogens (tertiary/aromatic N) is 2. The van der Waals surface area contributed by atoms with E-state index in [2.05, 4.69) is 4.98 Å². The second-order valence-electron chi connectivity index (χ2n) is 5.01. The predicted octanol–water partition coefficient (Wildman–Crippen LogP) is 0.724. The van der Waals surface area contributed by atoms with Gasteiger partial charge in [0.25, 0.3) is 0 Å². The highest BCUT2D eigenvalue weighted by atomic mass is 16.5. The number of imidazole rings is 1. The summed E-state index contributed by atoms with van der Waals surface area (Å²) in [6, 6.07) is 3.85. The van der Waals surface area contributed by atoms with E-state index < -0.39 is 7.12 Å². The van der Waals surface area contributed by atoms with Gasteiger partial charge in [0.1, 0.15) is 6.23 Å². The topological polar surface area (TPSA) is 67.5 Å². The third-order valence-electron chi connectivity index (χ3n) is 3.73. The van der Waals surface area contributed by atoms with Crippen molar-refractivity contribution in [1.29, 1.82) is 0 Å². The van der Waals surface area contributed by atoms with Gasteiger partial charge in [0.2, 0.25) is 0 Å². The molecule has 1 saturated heterocycles. The molecule has 1 unspecified atom stereocenters. The monoisotopic (exact) mass is 260 g/mol. The van der Waals surface area contributed by atoms with E-state index >= 15 is 0 Å². The van der Waals surface area contributed by atoms with Gasteiger partial charge in [0.05, 0.1) is 17.4 Å². The summed E-state index contributed by atoms with van der Waals surface area (Å²) >= 11 is 0. The van der Waals surface area contributed by atoms with Crippen molar-refractivity contribution in [3.8, 4) is 0 Å². The Morgan fingerprint density at radius 3 is 2.89 bits per heavy atom. The van der Waals surface area contributed by atoms with E-state index in [0.717, 1.165) is 36.9 Å². The van der Waals surface area contributed by atoms with Crippen LogP contribution in [0.4, 0.5) is 0 Å². The lowest BCUT2D eigenvalue weighted by Gasteiger charge is -2.24. The van der Waals surface area contributed by atoms with Gasteiger partial charge in [0.15, 0.2) is 0 Å². The minimum Gasteiger partial charge on any atom is -0.423 e. The first-order chi connectivity index (χ1) is 9.18. The Balaban J connectivity index is 2.10. The summed E-state index contributed by atoms with van der Waals surface area (Å²) in [5, 5.41) is 19.0. The number of hydrogen-bond donors (Lipinski definition) is 2. The molecule has 6 heteroatoms. The lowest BCUT2D eigenvalue weighted by Crippen LogP contribution is -2.33. The maximum absolute atomic E-state index is 9.50. The van der Waals surface area contributed by atoms with Crippen LogP contribution in [0.2, 0.25) is 0 Å². The smallest absolute Gasteiger partial charge is 0.423 e. The fraction of sp³-hybridized carbons (Fsp3) is 0.462. The summed E-state index contributed by atoms with van der Waals surface area (Å²) in [6.45, 7) is 2.62. The second kappa shape index (κ2) is 4.96. The van der Waals surface area contributed by atoms with Gasteiger partial charge in [-0.2, -0.15) is 0 Å². The summed E-state index contributed by atoms with van der Waals surface area (Å²) in [7, 11) is -1.50. The van der Waals surface area contributed by atoms with Gasteiger partial charge < -0.3 is 19.4 Å². The van der Waals surface area contributed by atoms with Gasteiger partial charge in [-0.25, -0.2) is 4.98 Å². The molecule has 2 N–H and O–H groups in total. The van der Waals surface area contributed by atoms with Gasteiger partial charge in [-0.05, 0) is 37.8 Å². The molecule has 0 amide bonds. The predicted molar refractivity (Wildman–Crippen MR) is 73.1 cm³/mol. The molecule has 0 radical (unpaired) electrons. The normalized spacial score (nSPS) is 19.8. The van der Waals surface area contributed by atoms with Crippen LogP contribution in [0.25, 0.3) is 11.0 Å². The van der Waals surface area contributed by atoms with E-state index in [1.165, 1.54) is 0 Å². The van der Waals surface area contributed by atoms with Crippen LogP contribution in [0.5, 0.6) is 0 Å². The van der Waals surface area contributed by atoms with E-state index in [1.807, 2.05) is 23.6 Å². The lowest BCUT2D eigenvalue weighted by atomic mass is 9.76. The lowest BCUT2D eigenvalue weighted by molar-refractivity contribution is -0.0295. The molecule has 1 aromatic carbocycles. The number of rotatable bonds is 2. The van der Waals surface area contributed by atoms with Crippen LogP contribution in [0.15, 0.2) is 18.5 Å². The average Bonchev–Trinajstić information content (AvgIpc) is 2.82. The first kappa shape index (κ1) is 12.7. The Kier molecular flexibility index (Phi) is 3.30. The van der Waals surface area contributed by atoms with E-state index in [0.29, 0.717) is 11.0 Å². The highest BCUT2D eigenvalue weighted by Crippen LogP contribution is 2.26. The molecule has 1 atom stereocenters. The second-order valence-corrected chi connectivity index (χ2v) is 5.01. The molecule has 1 aliphatic rings. The Morgan fingerprint density at radius 1 is 1.37 bits per heavy atom. The van der Waals surface area contributed by atoms with Crippen molar-refractivity contribution in [1.82, 2.24) is 9.55 Å². The first-order valence-corrected chi connectivity index (χ1v) is 6.62. The molecular weight excluding hydrogens is 243 g/mol. The standard InChI is InChI=1S/C13H17BN2O3/c1-9-5-6-10-13(12(9)14(17)18)15-8-16(10)11-4-2-3-7-19-11/h5-6,8,11,17-18H,2-4,7H2,1H3. The summed E-state index contributed by atoms with van der Waals surface area (Å²) < 4.78 is 7.74. The largest absolute Gasteiger partial charge is 0.491 e. The molecule has 3 rings (SSSR count). The van der Waals surface area contributed by atoms with Gasteiger partial charge in [-0.15, -0.1) is 0 Å². The molecule has 1 aromatic heterocycles. The Labute approximate surface area is 112 Å². The Bertz CT molecular complexity index is 591. The third kappa shape index (κ3) is 2.16. The van der Waals surface area contributed by atoms with Crippen LogP contribution in [0.3, 0.4) is 0 Å². The van der Waals surface area contributed by atoms with Gasteiger partial charge in [-0.1, -0.05) is 6.07 Å². The number of fused-ring (bicyclic) bond motifs is 1. The number of aromatic nitrogens is 2. The van der Waals surface area contributed by atoms with Crippen molar-refractivity contribution in [3.63, 3.8) is 0 Å². The average molecular weight is 260 g/mol. The van der Waals surface area contributed by atoms with E-state index in [9.17, 15) is 10.0 Å². The first-order valence-electron chi connectivity index (χ1n) is 6.62. The van der Waals surface area contributed by atoms with Gasteiger partial charge in [-0.3, -0.25) is 0 Å². The SMILES string of the molecule is Cc1ccc2c(ncn2C2CCCCO2)c1B(O)O. The highest BCUT2D eigenvalue weighted by molar-refractivity contribution is 6.62. The fourth-order valence-electron chi connectivity index (χ4n) is 2.72. The maximum Gasteiger partial charge on any atom is 0.491 e. The number of aryl methyl sites for hydroxylation is 1. The molecule has 5 nitrogen and oxygen atoms in total. The van der Waals surface area contributed by atoms with Gasteiger partial charge in [0, 0.05) is 12.1 Å². The van der Waals surface area contributed by atoms with E-state index in [-0.39, 0.29) is 6.23 Å². The third-order valence-corrected chi connectivity index (χ3v) is 3.73. The maximum atomic E-state index is 9.50. The van der Waals surface area contributed by atoms with Gasteiger partial charge >= 0.3 is 7.12 Å². The zero-order chi connectivity index (χ0) is 13.4. The number of hydrogen-bond acceptors (Lipinski definition) is 4. The molecule has 1 aliphatic heterocycles. The molecule has 2 aromatic rings. The highest BCUT2D eigenvalue weighted by Gasteiger charge is 2.23. The summed E-state index contributed by atoms with van der Waals surface area (Å²) in [4.78, 5) is 4.34. The van der Waals surface area contributed by atoms with Crippen molar-refractivity contribution in [3.05, 3.63) is 24.0 Å². The molecule has 0 saturated carbocycles. The van der Waals surface area contributed by atoms with Crippen molar-refractivity contribution in [2.75, 3.05) is 6.61 Å². The molecule has 0 bridgehead atoms. The van der Waals surface area contributed by atoms with Crippen LogP contribution < -0.4 is 5.46 Å². The zero-order valence-corrected chi connectivity index (χ0v) is 10.9. The van der Waals surface area contributed by atoms with Crippen molar-refractivity contribution in [2.45, 2.75) is 32.4 Å². The number of ether oxygens (including phenoxy) is 1. The molecule has 0 aliphatic carbocycles. The quantitative estimate of drug-likeness (QED) is 0.781. The van der Waals surface area contributed by atoms with Crippen LogP contribution in [0.1, 0.15) is 31.1 Å². The molecule has 19 heavy (non-hydrogen) atoms. The Hall–Kier alpha value is -1.37. The molecule has 100 valence electrons. The van der Waals surface area contributed by atoms with Crippen LogP contribution in [-0.4, -0.2) is 33.3 Å². The molecule has 0 spiro atoms. The Morgan fingerprint density at radius 2 is 2.21 bits per heavy atom.